The molecule has 6 heteroatoms. The number of β-amino-alcohol motifs (C(OH)–C–C–N with tert-alkyl or cyclic N) is 1. The van der Waals surface area contributed by atoms with Crippen LogP contribution in [0.4, 0.5) is 0 Å². The Morgan fingerprint density at radius 1 is 1.25 bits per heavy atom. The van der Waals surface area contributed by atoms with E-state index in [1.165, 1.54) is 6.07 Å². The number of benzene rings is 1. The predicted octanol–water partition coefficient (Wildman–Crippen LogP) is 1.09. The number of piperazine rings is 1. The van der Waals surface area contributed by atoms with Gasteiger partial charge >= 0.3 is 5.63 Å². The van der Waals surface area contributed by atoms with Crippen LogP contribution >= 0.6 is 0 Å². The topological polar surface area (TPSA) is 66.2 Å². The Bertz CT molecular complexity index is 750. The fourth-order valence-corrected chi connectivity index (χ4v) is 2.97. The van der Waals surface area contributed by atoms with Gasteiger partial charge < -0.3 is 19.2 Å². The summed E-state index contributed by atoms with van der Waals surface area (Å²) in [5.74, 6) is 0.591. The molecule has 1 fully saturated rings. The van der Waals surface area contributed by atoms with Crippen molar-refractivity contribution in [2.45, 2.75) is 13.0 Å². The van der Waals surface area contributed by atoms with E-state index in [4.69, 9.17) is 9.15 Å². The molecule has 1 aromatic heterocycles. The summed E-state index contributed by atoms with van der Waals surface area (Å²) in [7, 11) is 2.11. The van der Waals surface area contributed by atoms with Gasteiger partial charge in [0.05, 0.1) is 0 Å². The molecular weight excluding hydrogens is 308 g/mol. The molecule has 1 atom stereocenters. The zero-order valence-electron chi connectivity index (χ0n) is 14.2. The van der Waals surface area contributed by atoms with Crippen LogP contribution in [-0.2, 0) is 0 Å². The number of rotatable bonds is 5. The van der Waals surface area contributed by atoms with Gasteiger partial charge in [-0.25, -0.2) is 4.79 Å². The number of nitrogens with zero attached hydrogens (tertiary/aromatic N) is 2. The van der Waals surface area contributed by atoms with Gasteiger partial charge in [0.1, 0.15) is 24.0 Å². The lowest BCUT2D eigenvalue weighted by Crippen LogP contribution is -2.47. The van der Waals surface area contributed by atoms with Crippen LogP contribution in [0.2, 0.25) is 0 Å². The standard InChI is InChI=1S/C18H24N2O4/c1-13-9-18(22)24-17-10-15(3-4-16(13)17)23-12-14(21)11-20-7-5-19(2)6-8-20/h3-4,9-10,14,21H,5-8,11-12H2,1-2H3/t14-/m1/s1. The first-order chi connectivity index (χ1) is 11.5. The van der Waals surface area contributed by atoms with Crippen molar-refractivity contribution < 1.29 is 14.3 Å². The summed E-state index contributed by atoms with van der Waals surface area (Å²) in [5.41, 5.74) is 1.02. The monoisotopic (exact) mass is 332 g/mol. The molecule has 0 radical (unpaired) electrons. The van der Waals surface area contributed by atoms with Crippen molar-refractivity contribution in [3.63, 3.8) is 0 Å². The number of likely N-dealkylation sites (N-methyl/N-ethyl adjacent to an activating group) is 1. The van der Waals surface area contributed by atoms with Crippen molar-refractivity contribution >= 4 is 11.0 Å². The molecule has 0 aliphatic carbocycles. The van der Waals surface area contributed by atoms with Crippen molar-refractivity contribution in [2.75, 3.05) is 46.4 Å². The van der Waals surface area contributed by atoms with Crippen LogP contribution in [0.15, 0.2) is 33.5 Å². The average molecular weight is 332 g/mol. The van der Waals surface area contributed by atoms with Crippen LogP contribution in [0.3, 0.4) is 0 Å². The highest BCUT2D eigenvalue weighted by Gasteiger charge is 2.17. The molecule has 0 saturated carbocycles. The number of aryl methyl sites for hydroxylation is 1. The van der Waals surface area contributed by atoms with Gasteiger partial charge in [-0.05, 0) is 31.7 Å². The van der Waals surface area contributed by atoms with E-state index in [-0.39, 0.29) is 12.2 Å². The van der Waals surface area contributed by atoms with Crippen molar-refractivity contribution in [1.29, 1.82) is 0 Å². The average Bonchev–Trinajstić information content (AvgIpc) is 2.54. The first-order valence-electron chi connectivity index (χ1n) is 8.27. The molecule has 0 amide bonds. The molecule has 1 aliphatic heterocycles. The predicted molar refractivity (Wildman–Crippen MR) is 92.7 cm³/mol. The lowest BCUT2D eigenvalue weighted by atomic mass is 10.1. The molecule has 1 saturated heterocycles. The molecule has 1 aromatic carbocycles. The van der Waals surface area contributed by atoms with Gasteiger partial charge in [-0.3, -0.25) is 4.90 Å². The van der Waals surface area contributed by atoms with Crippen molar-refractivity contribution in [3.8, 4) is 5.75 Å². The zero-order chi connectivity index (χ0) is 17.1. The van der Waals surface area contributed by atoms with Crippen LogP contribution in [-0.4, -0.2) is 67.4 Å². The SMILES string of the molecule is Cc1cc(=O)oc2cc(OC[C@H](O)CN3CCN(C)CC3)ccc12. The fourth-order valence-electron chi connectivity index (χ4n) is 2.97. The summed E-state index contributed by atoms with van der Waals surface area (Å²) in [6.07, 6.45) is -0.548. The fraction of sp³-hybridized carbons (Fsp3) is 0.500. The van der Waals surface area contributed by atoms with E-state index in [0.29, 0.717) is 17.9 Å². The quantitative estimate of drug-likeness (QED) is 0.827. The highest BCUT2D eigenvalue weighted by molar-refractivity contribution is 5.81. The van der Waals surface area contributed by atoms with E-state index in [0.717, 1.165) is 37.1 Å². The first kappa shape index (κ1) is 17.0. The van der Waals surface area contributed by atoms with Gasteiger partial charge in [0.25, 0.3) is 0 Å². The van der Waals surface area contributed by atoms with Crippen LogP contribution in [0, 0.1) is 6.92 Å². The Morgan fingerprint density at radius 2 is 2.00 bits per heavy atom. The van der Waals surface area contributed by atoms with Crippen LogP contribution in [0.5, 0.6) is 5.75 Å². The van der Waals surface area contributed by atoms with E-state index in [2.05, 4.69) is 16.8 Å². The van der Waals surface area contributed by atoms with E-state index in [1.807, 2.05) is 19.1 Å². The van der Waals surface area contributed by atoms with Gasteiger partial charge in [-0.2, -0.15) is 0 Å². The Morgan fingerprint density at radius 3 is 2.75 bits per heavy atom. The molecule has 6 nitrogen and oxygen atoms in total. The van der Waals surface area contributed by atoms with Crippen molar-refractivity contribution in [3.05, 3.63) is 40.2 Å². The summed E-state index contributed by atoms with van der Waals surface area (Å²) in [4.78, 5) is 16.0. The van der Waals surface area contributed by atoms with Gasteiger partial charge in [-0.1, -0.05) is 0 Å². The summed E-state index contributed by atoms with van der Waals surface area (Å²) >= 11 is 0. The number of ether oxygens (including phenoxy) is 1. The van der Waals surface area contributed by atoms with Gasteiger partial charge in [-0.15, -0.1) is 0 Å². The molecule has 3 rings (SSSR count). The number of fused-ring (bicyclic) bond motifs is 1. The minimum atomic E-state index is -0.548. The maximum atomic E-state index is 11.5. The Balaban J connectivity index is 1.58. The summed E-state index contributed by atoms with van der Waals surface area (Å²) < 4.78 is 10.9. The minimum Gasteiger partial charge on any atom is -0.491 e. The molecule has 2 heterocycles. The molecule has 1 N–H and O–H groups in total. The van der Waals surface area contributed by atoms with E-state index < -0.39 is 6.10 Å². The normalized spacial score (nSPS) is 18.0. The third-order valence-corrected chi connectivity index (χ3v) is 4.43. The van der Waals surface area contributed by atoms with Gasteiger partial charge in [0, 0.05) is 50.2 Å². The smallest absolute Gasteiger partial charge is 0.336 e. The molecule has 2 aromatic rings. The lowest BCUT2D eigenvalue weighted by Gasteiger charge is -2.33. The second kappa shape index (κ2) is 7.34. The maximum Gasteiger partial charge on any atom is 0.336 e. The van der Waals surface area contributed by atoms with Crippen LogP contribution in [0.25, 0.3) is 11.0 Å². The molecule has 0 bridgehead atoms. The number of hydrogen-bond acceptors (Lipinski definition) is 6. The molecule has 24 heavy (non-hydrogen) atoms. The molecule has 0 unspecified atom stereocenters. The minimum absolute atomic E-state index is 0.216. The summed E-state index contributed by atoms with van der Waals surface area (Å²) in [5, 5.41) is 11.1. The molecule has 130 valence electrons. The second-order valence-electron chi connectivity index (χ2n) is 6.48. The highest BCUT2D eigenvalue weighted by Crippen LogP contribution is 2.22. The van der Waals surface area contributed by atoms with Gasteiger partial charge in [0.2, 0.25) is 0 Å². The Kier molecular flexibility index (Phi) is 5.18. The Labute approximate surface area is 141 Å². The third kappa shape index (κ3) is 4.14. The number of aliphatic hydroxyl groups is 1. The molecule has 0 spiro atoms. The first-order valence-corrected chi connectivity index (χ1v) is 8.27. The van der Waals surface area contributed by atoms with Crippen LogP contribution < -0.4 is 10.4 Å². The molecule has 1 aliphatic rings. The number of hydrogen-bond donors (Lipinski definition) is 1. The zero-order valence-corrected chi connectivity index (χ0v) is 14.2. The largest absolute Gasteiger partial charge is 0.491 e. The van der Waals surface area contributed by atoms with Crippen molar-refractivity contribution in [2.24, 2.45) is 0 Å². The van der Waals surface area contributed by atoms with Crippen molar-refractivity contribution in [1.82, 2.24) is 9.80 Å². The van der Waals surface area contributed by atoms with E-state index in [1.54, 1.807) is 6.07 Å². The van der Waals surface area contributed by atoms with E-state index in [9.17, 15) is 9.90 Å². The van der Waals surface area contributed by atoms with Crippen LogP contribution in [0.1, 0.15) is 5.56 Å². The maximum absolute atomic E-state index is 11.5. The lowest BCUT2D eigenvalue weighted by molar-refractivity contribution is 0.0505. The number of aliphatic hydroxyl groups excluding tert-OH is 1. The van der Waals surface area contributed by atoms with E-state index >= 15 is 0 Å². The second-order valence-corrected chi connectivity index (χ2v) is 6.48. The van der Waals surface area contributed by atoms with Gasteiger partial charge in [0.15, 0.2) is 0 Å². The third-order valence-electron chi connectivity index (χ3n) is 4.43. The summed E-state index contributed by atoms with van der Waals surface area (Å²) in [6, 6.07) is 6.88. The summed E-state index contributed by atoms with van der Waals surface area (Å²) in [6.45, 7) is 6.68. The Hall–Kier alpha value is -1.89. The molecular formula is C18H24N2O4. The highest BCUT2D eigenvalue weighted by atomic mass is 16.5.